The number of benzene rings is 1. The van der Waals surface area contributed by atoms with Crippen molar-refractivity contribution < 1.29 is 0 Å². The summed E-state index contributed by atoms with van der Waals surface area (Å²) >= 11 is 6.09. The Morgan fingerprint density at radius 2 is 2.00 bits per heavy atom. The van der Waals surface area contributed by atoms with Gasteiger partial charge in [-0.2, -0.15) is 0 Å². The van der Waals surface area contributed by atoms with E-state index in [0.29, 0.717) is 6.04 Å². The molecule has 1 saturated heterocycles. The molecule has 104 valence electrons. The fraction of sp³-hybridized carbons (Fsp3) is 0.625. The quantitative estimate of drug-likeness (QED) is 0.918. The van der Waals surface area contributed by atoms with E-state index in [2.05, 4.69) is 17.0 Å². The summed E-state index contributed by atoms with van der Waals surface area (Å²) in [7, 11) is 0. The molecule has 1 aromatic carbocycles. The van der Waals surface area contributed by atoms with E-state index in [1.807, 2.05) is 6.07 Å². The maximum atomic E-state index is 6.09. The zero-order chi connectivity index (χ0) is 13.2. The number of aryl methyl sites for hydroxylation is 1. The summed E-state index contributed by atoms with van der Waals surface area (Å²) in [6.07, 6.45) is 6.28. The van der Waals surface area contributed by atoms with E-state index in [4.69, 9.17) is 17.3 Å². The molecule has 1 unspecified atom stereocenters. The Labute approximate surface area is 120 Å². The van der Waals surface area contributed by atoms with Gasteiger partial charge in [-0.3, -0.25) is 4.90 Å². The Balaban J connectivity index is 1.66. The normalized spacial score (nSPS) is 24.6. The van der Waals surface area contributed by atoms with Crippen molar-refractivity contribution in [1.82, 2.24) is 4.90 Å². The van der Waals surface area contributed by atoms with Gasteiger partial charge in [0.15, 0.2) is 0 Å². The van der Waals surface area contributed by atoms with Gasteiger partial charge < -0.3 is 5.73 Å². The average Bonchev–Trinajstić information content (AvgIpc) is 2.83. The molecule has 2 aliphatic rings. The number of fused-ring (bicyclic) bond motifs is 1. The standard InChI is InChI=1S/C16H23ClN2/c17-14-2-3-15-13(11-14)1-4-16(15)19-9-6-12(5-8-18)7-10-19/h2-3,11-12,16H,1,4-10,18H2. The number of nitrogens with zero attached hydrogens (tertiary/aromatic N) is 1. The monoisotopic (exact) mass is 278 g/mol. The average molecular weight is 279 g/mol. The topological polar surface area (TPSA) is 29.3 Å². The van der Waals surface area contributed by atoms with Crippen LogP contribution in [0.25, 0.3) is 0 Å². The van der Waals surface area contributed by atoms with Crippen molar-refractivity contribution in [2.45, 2.75) is 38.1 Å². The van der Waals surface area contributed by atoms with Gasteiger partial charge in [0.1, 0.15) is 0 Å². The van der Waals surface area contributed by atoms with Crippen molar-refractivity contribution in [1.29, 1.82) is 0 Å². The third kappa shape index (κ3) is 2.81. The first-order valence-corrected chi connectivity index (χ1v) is 7.88. The maximum Gasteiger partial charge on any atom is 0.0408 e. The van der Waals surface area contributed by atoms with E-state index in [1.165, 1.54) is 56.3 Å². The van der Waals surface area contributed by atoms with E-state index < -0.39 is 0 Å². The molecule has 1 heterocycles. The Bertz CT molecular complexity index is 438. The number of likely N-dealkylation sites (tertiary alicyclic amines) is 1. The maximum absolute atomic E-state index is 6.09. The third-order valence-electron chi connectivity index (χ3n) is 4.82. The predicted octanol–water partition coefficient (Wildman–Crippen LogP) is 3.39. The molecule has 0 radical (unpaired) electrons. The first-order chi connectivity index (χ1) is 9.28. The number of hydrogen-bond donors (Lipinski definition) is 1. The summed E-state index contributed by atoms with van der Waals surface area (Å²) in [6.45, 7) is 3.31. The SMILES string of the molecule is NCCC1CCN(C2CCc3cc(Cl)ccc32)CC1. The second-order valence-electron chi connectivity index (χ2n) is 5.95. The highest BCUT2D eigenvalue weighted by Gasteiger charge is 2.30. The second kappa shape index (κ2) is 5.82. The van der Waals surface area contributed by atoms with Gasteiger partial charge in [-0.05, 0) is 80.9 Å². The van der Waals surface area contributed by atoms with Gasteiger partial charge in [0.2, 0.25) is 0 Å². The Hall–Kier alpha value is -0.570. The molecular weight excluding hydrogens is 256 g/mol. The molecule has 3 rings (SSSR count). The van der Waals surface area contributed by atoms with E-state index in [0.717, 1.165) is 17.5 Å². The van der Waals surface area contributed by atoms with Crippen LogP contribution in [0.15, 0.2) is 18.2 Å². The minimum atomic E-state index is 0.631. The van der Waals surface area contributed by atoms with E-state index >= 15 is 0 Å². The summed E-state index contributed by atoms with van der Waals surface area (Å²) < 4.78 is 0. The van der Waals surface area contributed by atoms with E-state index in [-0.39, 0.29) is 0 Å². The number of hydrogen-bond acceptors (Lipinski definition) is 2. The van der Waals surface area contributed by atoms with Crippen LogP contribution >= 0.6 is 11.6 Å². The molecular formula is C16H23ClN2. The predicted molar refractivity (Wildman–Crippen MR) is 80.5 cm³/mol. The molecule has 1 atom stereocenters. The molecule has 0 aromatic heterocycles. The first kappa shape index (κ1) is 13.4. The van der Waals surface area contributed by atoms with E-state index in [1.54, 1.807) is 0 Å². The lowest BCUT2D eigenvalue weighted by Crippen LogP contribution is -2.36. The molecule has 0 amide bonds. The molecule has 19 heavy (non-hydrogen) atoms. The van der Waals surface area contributed by atoms with Gasteiger partial charge in [-0.25, -0.2) is 0 Å². The van der Waals surface area contributed by atoms with Crippen LogP contribution in [0, 0.1) is 5.92 Å². The Kier molecular flexibility index (Phi) is 4.11. The highest BCUT2D eigenvalue weighted by Crippen LogP contribution is 2.38. The molecule has 1 aromatic rings. The van der Waals surface area contributed by atoms with Crippen molar-refractivity contribution in [2.75, 3.05) is 19.6 Å². The van der Waals surface area contributed by atoms with Crippen LogP contribution in [0.4, 0.5) is 0 Å². The van der Waals surface area contributed by atoms with Gasteiger partial charge in [-0.15, -0.1) is 0 Å². The number of piperidine rings is 1. The van der Waals surface area contributed by atoms with E-state index in [9.17, 15) is 0 Å². The molecule has 2 N–H and O–H groups in total. The van der Waals surface area contributed by atoms with Crippen LogP contribution in [0.3, 0.4) is 0 Å². The van der Waals surface area contributed by atoms with Gasteiger partial charge >= 0.3 is 0 Å². The Morgan fingerprint density at radius 1 is 1.21 bits per heavy atom. The van der Waals surface area contributed by atoms with Crippen molar-refractivity contribution >= 4 is 11.6 Å². The molecule has 1 fully saturated rings. The lowest BCUT2D eigenvalue weighted by atomic mass is 9.92. The molecule has 1 aliphatic carbocycles. The van der Waals surface area contributed by atoms with Gasteiger partial charge in [0.05, 0.1) is 0 Å². The molecule has 0 spiro atoms. The summed E-state index contributed by atoms with van der Waals surface area (Å²) in [4.78, 5) is 2.67. The highest BCUT2D eigenvalue weighted by molar-refractivity contribution is 6.30. The van der Waals surface area contributed by atoms with Crippen molar-refractivity contribution in [3.05, 3.63) is 34.3 Å². The number of halogens is 1. The van der Waals surface area contributed by atoms with Gasteiger partial charge in [0, 0.05) is 11.1 Å². The third-order valence-corrected chi connectivity index (χ3v) is 5.05. The second-order valence-corrected chi connectivity index (χ2v) is 6.39. The smallest absolute Gasteiger partial charge is 0.0408 e. The van der Waals surface area contributed by atoms with Crippen LogP contribution < -0.4 is 5.73 Å². The van der Waals surface area contributed by atoms with Gasteiger partial charge in [0.25, 0.3) is 0 Å². The van der Waals surface area contributed by atoms with Crippen LogP contribution in [-0.4, -0.2) is 24.5 Å². The Morgan fingerprint density at radius 3 is 2.74 bits per heavy atom. The highest BCUT2D eigenvalue weighted by atomic mass is 35.5. The van der Waals surface area contributed by atoms with Crippen molar-refractivity contribution in [2.24, 2.45) is 11.7 Å². The zero-order valence-corrected chi connectivity index (χ0v) is 12.2. The van der Waals surface area contributed by atoms with Crippen molar-refractivity contribution in [3.8, 4) is 0 Å². The first-order valence-electron chi connectivity index (χ1n) is 7.50. The zero-order valence-electron chi connectivity index (χ0n) is 11.4. The fourth-order valence-corrected chi connectivity index (χ4v) is 3.93. The summed E-state index contributed by atoms with van der Waals surface area (Å²) in [5.74, 6) is 0.854. The summed E-state index contributed by atoms with van der Waals surface area (Å²) in [5, 5.41) is 0.876. The van der Waals surface area contributed by atoms with Crippen molar-refractivity contribution in [3.63, 3.8) is 0 Å². The minimum absolute atomic E-state index is 0.631. The van der Waals surface area contributed by atoms with Gasteiger partial charge in [-0.1, -0.05) is 17.7 Å². The summed E-state index contributed by atoms with van der Waals surface area (Å²) in [5.41, 5.74) is 8.64. The minimum Gasteiger partial charge on any atom is -0.330 e. The van der Waals surface area contributed by atoms with Crippen LogP contribution in [0.1, 0.15) is 42.9 Å². The fourth-order valence-electron chi connectivity index (χ4n) is 3.73. The largest absolute Gasteiger partial charge is 0.330 e. The lowest BCUT2D eigenvalue weighted by molar-refractivity contribution is 0.129. The molecule has 2 nitrogen and oxygen atoms in total. The number of nitrogens with two attached hydrogens (primary N) is 1. The molecule has 0 bridgehead atoms. The lowest BCUT2D eigenvalue weighted by Gasteiger charge is -2.36. The number of rotatable bonds is 3. The van der Waals surface area contributed by atoms with Crippen LogP contribution in [0.2, 0.25) is 5.02 Å². The molecule has 1 aliphatic heterocycles. The molecule has 3 heteroatoms. The van der Waals surface area contributed by atoms with Crippen LogP contribution in [-0.2, 0) is 6.42 Å². The summed E-state index contributed by atoms with van der Waals surface area (Å²) in [6, 6.07) is 7.06. The molecule has 0 saturated carbocycles. The van der Waals surface area contributed by atoms with Crippen LogP contribution in [0.5, 0.6) is 0 Å².